The largest absolute Gasteiger partial charge is 0.496 e. The molecule has 0 atom stereocenters. The number of esters is 1. The summed E-state index contributed by atoms with van der Waals surface area (Å²) in [5.41, 5.74) is -0.689. The minimum atomic E-state index is -0.963. The zero-order valence-corrected chi connectivity index (χ0v) is 17.5. The van der Waals surface area contributed by atoms with E-state index in [4.69, 9.17) is 4.74 Å². The van der Waals surface area contributed by atoms with Crippen LogP contribution in [0, 0.1) is 11.6 Å². The van der Waals surface area contributed by atoms with E-state index in [1.54, 1.807) is 18.2 Å². The van der Waals surface area contributed by atoms with Gasteiger partial charge in [0.2, 0.25) is 0 Å². The quantitative estimate of drug-likeness (QED) is 0.529. The Labute approximate surface area is 172 Å². The summed E-state index contributed by atoms with van der Waals surface area (Å²) in [4.78, 5) is 24.4. The SMILES string of the molecule is COC(=O)c1cc(F)c(NSc2ccc(C(=O)NC(C)(C)C)c(OC)c2)cc1F. The molecule has 0 aromatic heterocycles. The first-order valence-electron chi connectivity index (χ1n) is 8.56. The Morgan fingerprint density at radius 2 is 1.69 bits per heavy atom. The molecule has 0 radical (unpaired) electrons. The summed E-state index contributed by atoms with van der Waals surface area (Å²) in [6.07, 6.45) is 0. The summed E-state index contributed by atoms with van der Waals surface area (Å²) < 4.78 is 40.6. The number of anilines is 1. The molecule has 6 nitrogen and oxygen atoms in total. The molecular weight excluding hydrogens is 402 g/mol. The highest BCUT2D eigenvalue weighted by molar-refractivity contribution is 8.00. The van der Waals surface area contributed by atoms with Crippen molar-refractivity contribution in [3.63, 3.8) is 0 Å². The number of nitrogens with one attached hydrogen (secondary N) is 2. The smallest absolute Gasteiger partial charge is 0.340 e. The van der Waals surface area contributed by atoms with Crippen molar-refractivity contribution in [2.75, 3.05) is 18.9 Å². The molecule has 0 heterocycles. The number of carbonyl (C=O) groups excluding carboxylic acids is 2. The summed E-state index contributed by atoms with van der Waals surface area (Å²) >= 11 is 0.995. The van der Waals surface area contributed by atoms with E-state index in [0.717, 1.165) is 31.2 Å². The van der Waals surface area contributed by atoms with Crippen LogP contribution in [0.3, 0.4) is 0 Å². The highest BCUT2D eigenvalue weighted by Crippen LogP contribution is 2.30. The van der Waals surface area contributed by atoms with Gasteiger partial charge in [0.05, 0.1) is 31.0 Å². The molecule has 0 unspecified atom stereocenters. The highest BCUT2D eigenvalue weighted by Gasteiger charge is 2.20. The molecule has 0 aliphatic heterocycles. The third-order valence-corrected chi connectivity index (χ3v) is 4.46. The van der Waals surface area contributed by atoms with Crippen molar-refractivity contribution in [3.8, 4) is 5.75 Å². The van der Waals surface area contributed by atoms with E-state index in [-0.39, 0.29) is 11.6 Å². The number of carbonyl (C=O) groups is 2. The molecular formula is C20H22F2N2O4S. The lowest BCUT2D eigenvalue weighted by molar-refractivity contribution is 0.0594. The number of amides is 1. The average Bonchev–Trinajstić information content (AvgIpc) is 2.66. The van der Waals surface area contributed by atoms with Crippen molar-refractivity contribution < 1.29 is 27.8 Å². The Balaban J connectivity index is 2.18. The number of benzene rings is 2. The fourth-order valence-electron chi connectivity index (χ4n) is 2.34. The van der Waals surface area contributed by atoms with Gasteiger partial charge in [-0.15, -0.1) is 0 Å². The lowest BCUT2D eigenvalue weighted by Crippen LogP contribution is -2.40. The minimum absolute atomic E-state index is 0.145. The summed E-state index contributed by atoms with van der Waals surface area (Å²) in [6.45, 7) is 5.60. The Hall–Kier alpha value is -2.81. The van der Waals surface area contributed by atoms with E-state index >= 15 is 0 Å². The molecule has 0 saturated heterocycles. The predicted molar refractivity (Wildman–Crippen MR) is 107 cm³/mol. The Morgan fingerprint density at radius 3 is 2.28 bits per heavy atom. The van der Waals surface area contributed by atoms with Gasteiger partial charge in [0.25, 0.3) is 5.91 Å². The van der Waals surface area contributed by atoms with Gasteiger partial charge in [-0.25, -0.2) is 13.6 Å². The Morgan fingerprint density at radius 1 is 1.00 bits per heavy atom. The van der Waals surface area contributed by atoms with E-state index in [1.807, 2.05) is 20.8 Å². The van der Waals surface area contributed by atoms with Gasteiger partial charge in [0.15, 0.2) is 0 Å². The molecule has 2 N–H and O–H groups in total. The normalized spacial score (nSPS) is 11.0. The third-order valence-electron chi connectivity index (χ3n) is 3.65. The van der Waals surface area contributed by atoms with Gasteiger partial charge in [-0.3, -0.25) is 4.79 Å². The molecule has 0 aliphatic rings. The van der Waals surface area contributed by atoms with Crippen LogP contribution in [-0.2, 0) is 4.74 Å². The maximum Gasteiger partial charge on any atom is 0.340 e. The molecule has 2 rings (SSSR count). The van der Waals surface area contributed by atoms with E-state index in [2.05, 4.69) is 14.8 Å². The van der Waals surface area contributed by atoms with E-state index in [1.165, 1.54) is 7.11 Å². The lowest BCUT2D eigenvalue weighted by atomic mass is 10.1. The number of rotatable bonds is 6. The fraction of sp³-hybridized carbons (Fsp3) is 0.300. The summed E-state index contributed by atoms with van der Waals surface area (Å²) in [5.74, 6) is -2.63. The molecule has 156 valence electrons. The van der Waals surface area contributed by atoms with Crippen LogP contribution in [0.2, 0.25) is 0 Å². The second-order valence-corrected chi connectivity index (χ2v) is 7.95. The van der Waals surface area contributed by atoms with Crippen LogP contribution in [0.15, 0.2) is 35.2 Å². The van der Waals surface area contributed by atoms with Crippen LogP contribution in [0.4, 0.5) is 14.5 Å². The molecule has 9 heteroatoms. The van der Waals surface area contributed by atoms with Crippen LogP contribution in [0.25, 0.3) is 0 Å². The van der Waals surface area contributed by atoms with Crippen LogP contribution in [-0.4, -0.2) is 31.6 Å². The van der Waals surface area contributed by atoms with Crippen LogP contribution in [0.1, 0.15) is 41.5 Å². The number of halogens is 2. The Kier molecular flexibility index (Phi) is 7.07. The van der Waals surface area contributed by atoms with E-state index in [9.17, 15) is 18.4 Å². The first-order chi connectivity index (χ1) is 13.6. The first-order valence-corrected chi connectivity index (χ1v) is 9.38. The Bertz CT molecular complexity index is 929. The maximum atomic E-state index is 14.2. The molecule has 0 spiro atoms. The highest BCUT2D eigenvalue weighted by atomic mass is 32.2. The number of ether oxygens (including phenoxy) is 2. The zero-order valence-electron chi connectivity index (χ0n) is 16.7. The van der Waals surface area contributed by atoms with Crippen LogP contribution < -0.4 is 14.8 Å². The van der Waals surface area contributed by atoms with Crippen molar-refractivity contribution >= 4 is 29.5 Å². The van der Waals surface area contributed by atoms with Crippen molar-refractivity contribution in [2.45, 2.75) is 31.2 Å². The zero-order chi connectivity index (χ0) is 21.8. The van der Waals surface area contributed by atoms with Gasteiger partial charge in [0, 0.05) is 16.5 Å². The lowest BCUT2D eigenvalue weighted by Gasteiger charge is -2.21. The molecule has 29 heavy (non-hydrogen) atoms. The van der Waals surface area contributed by atoms with Crippen molar-refractivity contribution in [3.05, 3.63) is 53.1 Å². The third kappa shape index (κ3) is 5.83. The van der Waals surface area contributed by atoms with Crippen molar-refractivity contribution in [2.24, 2.45) is 0 Å². The van der Waals surface area contributed by atoms with Gasteiger partial charge >= 0.3 is 5.97 Å². The summed E-state index contributed by atoms with van der Waals surface area (Å²) in [6, 6.07) is 6.48. The second-order valence-electron chi connectivity index (χ2n) is 7.07. The number of hydrogen-bond acceptors (Lipinski definition) is 6. The summed E-state index contributed by atoms with van der Waals surface area (Å²) in [5, 5.41) is 2.85. The van der Waals surface area contributed by atoms with Crippen molar-refractivity contribution in [1.29, 1.82) is 0 Å². The molecule has 1 amide bonds. The average molecular weight is 424 g/mol. The van der Waals surface area contributed by atoms with Gasteiger partial charge in [-0.05, 0) is 57.0 Å². The predicted octanol–water partition coefficient (Wildman–Crippen LogP) is 4.41. The molecule has 0 saturated carbocycles. The standard InChI is InChI=1S/C20H22F2N2O4S/c1-20(2,3)23-18(25)12-7-6-11(8-17(12)27-4)29-24-16-10-14(21)13(9-15(16)22)19(26)28-5/h6-10,24H,1-5H3,(H,23,25). The molecule has 0 bridgehead atoms. The number of methoxy groups -OCH3 is 2. The molecule has 2 aromatic rings. The van der Waals surface area contributed by atoms with Gasteiger partial charge in [-0.2, -0.15) is 0 Å². The second kappa shape index (κ2) is 9.13. The van der Waals surface area contributed by atoms with Gasteiger partial charge in [-0.1, -0.05) is 0 Å². The van der Waals surface area contributed by atoms with Crippen LogP contribution >= 0.6 is 11.9 Å². The van der Waals surface area contributed by atoms with E-state index in [0.29, 0.717) is 16.2 Å². The maximum absolute atomic E-state index is 14.2. The molecule has 0 aliphatic carbocycles. The monoisotopic (exact) mass is 424 g/mol. The minimum Gasteiger partial charge on any atom is -0.496 e. The molecule has 2 aromatic carbocycles. The summed E-state index contributed by atoms with van der Waals surface area (Å²) in [7, 11) is 2.52. The van der Waals surface area contributed by atoms with Crippen molar-refractivity contribution in [1.82, 2.24) is 5.32 Å². The number of hydrogen-bond donors (Lipinski definition) is 2. The molecule has 0 fully saturated rings. The first kappa shape index (κ1) is 22.5. The van der Waals surface area contributed by atoms with Gasteiger partial charge in [0.1, 0.15) is 17.4 Å². The van der Waals surface area contributed by atoms with Crippen LogP contribution in [0.5, 0.6) is 5.75 Å². The van der Waals surface area contributed by atoms with Gasteiger partial charge < -0.3 is 19.5 Å². The topological polar surface area (TPSA) is 76.7 Å². The fourth-order valence-corrected chi connectivity index (χ4v) is 3.02. The van der Waals surface area contributed by atoms with E-state index < -0.39 is 28.7 Å².